The number of nitrogens with zero attached hydrogens (tertiary/aromatic N) is 1. The van der Waals surface area contributed by atoms with Gasteiger partial charge in [-0.15, -0.1) is 0 Å². The lowest BCUT2D eigenvalue weighted by atomic mass is 9.85. The van der Waals surface area contributed by atoms with E-state index in [9.17, 15) is 14.7 Å². The van der Waals surface area contributed by atoms with Gasteiger partial charge in [-0.05, 0) is 55.4 Å². The molecule has 6 nitrogen and oxygen atoms in total. The van der Waals surface area contributed by atoms with Crippen molar-refractivity contribution in [3.63, 3.8) is 0 Å². The summed E-state index contributed by atoms with van der Waals surface area (Å²) in [7, 11) is 0. The van der Waals surface area contributed by atoms with Crippen LogP contribution in [0.5, 0.6) is 5.75 Å². The highest BCUT2D eigenvalue weighted by atomic mass is 16.5. The standard InChI is InChI=1S/C30H39NO5/c1-7-17-36-24-11-8-10-22(19-24)27(32)25-26(21-12-14-23(15-13-21)30(4,5)6)31(29(34)28(25)33)16-9-18-35-20(2)3/h8,10-15,19-20,26,32H,7,9,16-18H2,1-6H3/b27-25-. The third-order valence-corrected chi connectivity index (χ3v) is 6.21. The van der Waals surface area contributed by atoms with Crippen molar-refractivity contribution < 1.29 is 24.2 Å². The minimum atomic E-state index is -0.682. The molecule has 1 aliphatic rings. The van der Waals surface area contributed by atoms with Crippen molar-refractivity contribution in [3.8, 4) is 5.75 Å². The molecule has 1 saturated heterocycles. The summed E-state index contributed by atoms with van der Waals surface area (Å²) in [6.45, 7) is 13.7. The first-order chi connectivity index (χ1) is 17.0. The van der Waals surface area contributed by atoms with Crippen molar-refractivity contribution in [3.05, 3.63) is 70.8 Å². The van der Waals surface area contributed by atoms with Gasteiger partial charge in [0.2, 0.25) is 0 Å². The molecule has 1 heterocycles. The molecule has 3 rings (SSSR count). The Labute approximate surface area is 214 Å². The monoisotopic (exact) mass is 493 g/mol. The van der Waals surface area contributed by atoms with Gasteiger partial charge in [0.05, 0.1) is 24.3 Å². The Bertz CT molecular complexity index is 1100. The summed E-state index contributed by atoms with van der Waals surface area (Å²) in [6.07, 6.45) is 1.53. The highest BCUT2D eigenvalue weighted by Gasteiger charge is 2.45. The maximum absolute atomic E-state index is 13.3. The number of amides is 1. The molecule has 1 amide bonds. The van der Waals surface area contributed by atoms with Gasteiger partial charge in [-0.1, -0.05) is 64.1 Å². The largest absolute Gasteiger partial charge is 0.507 e. The number of hydrogen-bond donors (Lipinski definition) is 1. The van der Waals surface area contributed by atoms with Crippen LogP contribution in [0.4, 0.5) is 0 Å². The lowest BCUT2D eigenvalue weighted by molar-refractivity contribution is -0.140. The zero-order valence-electron chi connectivity index (χ0n) is 22.3. The fourth-order valence-corrected chi connectivity index (χ4v) is 4.29. The van der Waals surface area contributed by atoms with E-state index in [1.807, 2.05) is 51.1 Å². The van der Waals surface area contributed by atoms with E-state index < -0.39 is 17.7 Å². The van der Waals surface area contributed by atoms with Gasteiger partial charge in [0.15, 0.2) is 0 Å². The molecule has 2 aromatic carbocycles. The molecule has 0 aliphatic carbocycles. The zero-order chi connectivity index (χ0) is 26.5. The minimum Gasteiger partial charge on any atom is -0.507 e. The average Bonchev–Trinajstić information content (AvgIpc) is 3.09. The predicted octanol–water partition coefficient (Wildman–Crippen LogP) is 6.01. The normalized spacial score (nSPS) is 17.8. The summed E-state index contributed by atoms with van der Waals surface area (Å²) in [5.74, 6) is -0.875. The van der Waals surface area contributed by atoms with Gasteiger partial charge in [-0.25, -0.2) is 0 Å². The fourth-order valence-electron chi connectivity index (χ4n) is 4.29. The number of aliphatic hydroxyl groups is 1. The third kappa shape index (κ3) is 6.35. The Balaban J connectivity index is 2.04. The van der Waals surface area contributed by atoms with Crippen molar-refractivity contribution in [1.82, 2.24) is 4.90 Å². The molecule has 36 heavy (non-hydrogen) atoms. The predicted molar refractivity (Wildman–Crippen MR) is 142 cm³/mol. The Morgan fingerprint density at radius 2 is 1.75 bits per heavy atom. The summed E-state index contributed by atoms with van der Waals surface area (Å²) < 4.78 is 11.4. The van der Waals surface area contributed by atoms with E-state index in [-0.39, 0.29) is 22.9 Å². The van der Waals surface area contributed by atoms with Crippen molar-refractivity contribution in [2.75, 3.05) is 19.8 Å². The van der Waals surface area contributed by atoms with Crippen LogP contribution in [0, 0.1) is 0 Å². The molecule has 1 fully saturated rings. The van der Waals surface area contributed by atoms with Gasteiger partial charge in [0.1, 0.15) is 11.5 Å². The van der Waals surface area contributed by atoms with Crippen LogP contribution < -0.4 is 4.74 Å². The summed E-state index contributed by atoms with van der Waals surface area (Å²) in [5, 5.41) is 11.3. The second kappa shape index (κ2) is 11.7. The maximum atomic E-state index is 13.3. The molecule has 1 aliphatic heterocycles. The average molecular weight is 494 g/mol. The summed E-state index contributed by atoms with van der Waals surface area (Å²) in [6, 6.07) is 14.3. The Kier molecular flexibility index (Phi) is 8.96. The molecule has 2 aromatic rings. The van der Waals surface area contributed by atoms with Crippen molar-refractivity contribution in [1.29, 1.82) is 0 Å². The van der Waals surface area contributed by atoms with E-state index in [2.05, 4.69) is 20.8 Å². The number of ketones is 1. The highest BCUT2D eigenvalue weighted by molar-refractivity contribution is 6.46. The molecule has 0 aromatic heterocycles. The van der Waals surface area contributed by atoms with Crippen LogP contribution in [0.2, 0.25) is 0 Å². The second-order valence-corrected chi connectivity index (χ2v) is 10.5. The van der Waals surface area contributed by atoms with Gasteiger partial charge < -0.3 is 19.5 Å². The van der Waals surface area contributed by atoms with E-state index in [4.69, 9.17) is 9.47 Å². The Morgan fingerprint density at radius 1 is 1.06 bits per heavy atom. The molecule has 0 saturated carbocycles. The van der Waals surface area contributed by atoms with Crippen LogP contribution in [0.25, 0.3) is 5.76 Å². The highest BCUT2D eigenvalue weighted by Crippen LogP contribution is 2.40. The van der Waals surface area contributed by atoms with Crippen LogP contribution in [-0.4, -0.2) is 47.6 Å². The molecular weight excluding hydrogens is 454 g/mol. The SMILES string of the molecule is CCCOc1cccc(/C(O)=C2/C(=O)C(=O)N(CCCOC(C)C)C2c2ccc(C(C)(C)C)cc2)c1. The van der Waals surface area contributed by atoms with Crippen molar-refractivity contribution in [2.24, 2.45) is 0 Å². The maximum Gasteiger partial charge on any atom is 0.295 e. The molecule has 6 heteroatoms. The van der Waals surface area contributed by atoms with E-state index in [1.54, 1.807) is 23.1 Å². The number of hydrogen-bond acceptors (Lipinski definition) is 5. The molecule has 1 unspecified atom stereocenters. The van der Waals surface area contributed by atoms with Crippen molar-refractivity contribution >= 4 is 17.4 Å². The number of Topliss-reactive ketones (excluding diaryl/α,β-unsaturated/α-hetero) is 1. The number of likely N-dealkylation sites (tertiary alicyclic amines) is 1. The van der Waals surface area contributed by atoms with Gasteiger partial charge in [0.25, 0.3) is 11.7 Å². The molecule has 0 bridgehead atoms. The number of benzene rings is 2. The molecule has 0 radical (unpaired) electrons. The Morgan fingerprint density at radius 3 is 2.36 bits per heavy atom. The van der Waals surface area contributed by atoms with Crippen LogP contribution >= 0.6 is 0 Å². The summed E-state index contributed by atoms with van der Waals surface area (Å²) in [4.78, 5) is 28.0. The Hall–Kier alpha value is -3.12. The van der Waals surface area contributed by atoms with Gasteiger partial charge in [-0.3, -0.25) is 9.59 Å². The van der Waals surface area contributed by atoms with Crippen LogP contribution in [0.1, 0.15) is 77.1 Å². The fraction of sp³-hybridized carbons (Fsp3) is 0.467. The number of carbonyl (C=O) groups excluding carboxylic acids is 2. The summed E-state index contributed by atoms with van der Waals surface area (Å²) >= 11 is 0. The lowest BCUT2D eigenvalue weighted by Gasteiger charge is -2.26. The quantitative estimate of drug-likeness (QED) is 0.190. The van der Waals surface area contributed by atoms with Crippen molar-refractivity contribution in [2.45, 2.75) is 71.9 Å². The molecule has 0 spiro atoms. The van der Waals surface area contributed by atoms with Gasteiger partial charge in [-0.2, -0.15) is 0 Å². The van der Waals surface area contributed by atoms with Gasteiger partial charge in [0, 0.05) is 18.7 Å². The lowest BCUT2D eigenvalue weighted by Crippen LogP contribution is -2.31. The summed E-state index contributed by atoms with van der Waals surface area (Å²) in [5.41, 5.74) is 2.44. The molecule has 1 atom stereocenters. The number of carbonyl (C=O) groups is 2. The first kappa shape index (κ1) is 27.5. The van der Waals surface area contributed by atoms with E-state index >= 15 is 0 Å². The number of ether oxygens (including phenoxy) is 2. The number of aliphatic hydroxyl groups excluding tert-OH is 1. The molecular formula is C30H39NO5. The first-order valence-electron chi connectivity index (χ1n) is 12.8. The van der Waals surface area contributed by atoms with Gasteiger partial charge >= 0.3 is 0 Å². The molecule has 194 valence electrons. The zero-order valence-corrected chi connectivity index (χ0v) is 22.3. The van der Waals surface area contributed by atoms with E-state index in [0.717, 1.165) is 17.5 Å². The smallest absolute Gasteiger partial charge is 0.295 e. The number of rotatable bonds is 10. The van der Waals surface area contributed by atoms with Crippen LogP contribution in [0.15, 0.2) is 54.1 Å². The van der Waals surface area contributed by atoms with Crippen LogP contribution in [0.3, 0.4) is 0 Å². The van der Waals surface area contributed by atoms with E-state index in [1.165, 1.54) is 0 Å². The van der Waals surface area contributed by atoms with E-state index in [0.29, 0.717) is 37.5 Å². The third-order valence-electron chi connectivity index (χ3n) is 6.21. The first-order valence-corrected chi connectivity index (χ1v) is 12.8. The van der Waals surface area contributed by atoms with Crippen LogP contribution in [-0.2, 0) is 19.7 Å². The minimum absolute atomic E-state index is 0.0343. The second-order valence-electron chi connectivity index (χ2n) is 10.5. The molecule has 1 N–H and O–H groups in total. The topological polar surface area (TPSA) is 76.1 Å².